The van der Waals surface area contributed by atoms with Gasteiger partial charge in [-0.15, -0.1) is 6.58 Å². The fourth-order valence-electron chi connectivity index (χ4n) is 7.83. The van der Waals surface area contributed by atoms with Crippen LogP contribution < -0.4 is 9.80 Å². The molecule has 298 valence electrons. The van der Waals surface area contributed by atoms with Crippen molar-refractivity contribution in [2.75, 3.05) is 9.80 Å². The van der Waals surface area contributed by atoms with E-state index in [1.165, 1.54) is 19.1 Å². The highest BCUT2D eigenvalue weighted by Crippen LogP contribution is 2.48. The number of amides is 4. The lowest BCUT2D eigenvalue weighted by molar-refractivity contribution is -0.143. The lowest BCUT2D eigenvalue weighted by Gasteiger charge is -2.21. The van der Waals surface area contributed by atoms with Crippen molar-refractivity contribution < 1.29 is 68.2 Å². The Morgan fingerprint density at radius 2 is 1.02 bits per heavy atom. The van der Waals surface area contributed by atoms with Crippen molar-refractivity contribution in [1.29, 1.82) is 0 Å². The summed E-state index contributed by atoms with van der Waals surface area (Å²) in [6, 6.07) is 13.3. The summed E-state index contributed by atoms with van der Waals surface area (Å²) in [5.41, 5.74) is -3.69. The van der Waals surface area contributed by atoms with Gasteiger partial charge >= 0.3 is 18.5 Å². The van der Waals surface area contributed by atoms with Crippen molar-refractivity contribution >= 4 is 41.1 Å². The van der Waals surface area contributed by atoms with Crippen LogP contribution in [0.1, 0.15) is 27.8 Å². The van der Waals surface area contributed by atoms with Crippen LogP contribution in [0.2, 0.25) is 0 Å². The zero-order chi connectivity index (χ0) is 41.4. The van der Waals surface area contributed by atoms with Crippen LogP contribution in [0.3, 0.4) is 0 Å². The molecule has 0 N–H and O–H groups in total. The second-order valence-corrected chi connectivity index (χ2v) is 14.0. The molecule has 8 rings (SSSR count). The number of ether oxygens (including phenoxy) is 2. The molecule has 0 saturated carbocycles. The van der Waals surface area contributed by atoms with Gasteiger partial charge in [-0.1, -0.05) is 60.7 Å². The Morgan fingerprint density at radius 3 is 1.49 bits per heavy atom. The first-order valence-electron chi connectivity index (χ1n) is 17.3. The van der Waals surface area contributed by atoms with Gasteiger partial charge in [-0.25, -0.2) is 9.80 Å². The van der Waals surface area contributed by atoms with Crippen molar-refractivity contribution in [3.05, 3.63) is 125 Å². The third-order valence-electron chi connectivity index (χ3n) is 10.3. The van der Waals surface area contributed by atoms with Crippen molar-refractivity contribution in [3.8, 4) is 0 Å². The summed E-state index contributed by atoms with van der Waals surface area (Å²) < 4.78 is 129. The first-order chi connectivity index (χ1) is 26.7. The summed E-state index contributed by atoms with van der Waals surface area (Å²) in [7, 11) is 0. The van der Waals surface area contributed by atoms with Crippen LogP contribution in [0.25, 0.3) is 6.08 Å². The van der Waals surface area contributed by atoms with Crippen LogP contribution in [0.4, 0.5) is 50.9 Å². The molecule has 0 aromatic heterocycles. The quantitative estimate of drug-likeness (QED) is 0.148. The third kappa shape index (κ3) is 7.18. The van der Waals surface area contributed by atoms with E-state index in [-0.39, 0.29) is 11.8 Å². The molecule has 57 heavy (non-hydrogen) atoms. The molecular formula is C40H29F9N2O6. The fourth-order valence-corrected chi connectivity index (χ4v) is 7.83. The van der Waals surface area contributed by atoms with Gasteiger partial charge in [-0.05, 0) is 54.4 Å². The number of carbonyl (C=O) groups is 4. The van der Waals surface area contributed by atoms with Gasteiger partial charge in [-0.3, -0.25) is 19.2 Å². The number of hydrogen-bond donors (Lipinski definition) is 0. The molecule has 8 nitrogen and oxygen atoms in total. The molecule has 3 aromatic rings. The van der Waals surface area contributed by atoms with Gasteiger partial charge < -0.3 is 9.47 Å². The smallest absolute Gasteiger partial charge is 0.365 e. The molecule has 17 heteroatoms. The highest BCUT2D eigenvalue weighted by Gasteiger charge is 2.62. The van der Waals surface area contributed by atoms with Gasteiger partial charge in [0.15, 0.2) is 0 Å². The maximum absolute atomic E-state index is 13.3. The monoisotopic (exact) mass is 804 g/mol. The summed E-state index contributed by atoms with van der Waals surface area (Å²) in [5.74, 6) is -6.37. The first kappa shape index (κ1) is 39.7. The molecule has 4 fully saturated rings. The van der Waals surface area contributed by atoms with Gasteiger partial charge in [0, 0.05) is 0 Å². The number of rotatable bonds is 5. The van der Waals surface area contributed by atoms with Gasteiger partial charge in [-0.2, -0.15) is 39.5 Å². The summed E-state index contributed by atoms with van der Waals surface area (Å²) >= 11 is 0. The highest BCUT2D eigenvalue weighted by molar-refractivity contribution is 6.24. The van der Waals surface area contributed by atoms with Crippen LogP contribution in [-0.2, 0) is 47.2 Å². The molecule has 0 radical (unpaired) electrons. The fraction of sp³-hybridized carbons (Fsp3) is 0.300. The minimum atomic E-state index is -5.07. The summed E-state index contributed by atoms with van der Waals surface area (Å²) in [6.45, 7) is 5.19. The Labute approximate surface area is 317 Å². The highest BCUT2D eigenvalue weighted by atomic mass is 19.4. The number of nitrogens with zero attached hydrogens (tertiary/aromatic N) is 2. The van der Waals surface area contributed by atoms with Crippen molar-refractivity contribution in [2.24, 2.45) is 23.7 Å². The molecular weight excluding hydrogens is 775 g/mol. The van der Waals surface area contributed by atoms with E-state index in [1.54, 1.807) is 24.3 Å². The van der Waals surface area contributed by atoms with E-state index >= 15 is 0 Å². The molecule has 4 amide bonds. The number of carbonyl (C=O) groups excluding carboxylic acids is 4. The molecule has 5 heterocycles. The summed E-state index contributed by atoms with van der Waals surface area (Å²) in [5, 5.41) is 0. The van der Waals surface area contributed by atoms with Gasteiger partial charge in [0.1, 0.15) is 0 Å². The number of hydrogen-bond acceptors (Lipinski definition) is 6. The second-order valence-electron chi connectivity index (χ2n) is 14.0. The molecule has 8 unspecified atom stereocenters. The average Bonchev–Trinajstić information content (AvgIpc) is 3.95. The number of fused-ring (bicyclic) bond motifs is 6. The van der Waals surface area contributed by atoms with Crippen LogP contribution in [0.15, 0.2) is 97.6 Å². The van der Waals surface area contributed by atoms with Gasteiger partial charge in [0.2, 0.25) is 23.6 Å². The zero-order valence-corrected chi connectivity index (χ0v) is 29.3. The van der Waals surface area contributed by atoms with Crippen LogP contribution in [0, 0.1) is 30.6 Å². The molecule has 5 aliphatic heterocycles. The Kier molecular flexibility index (Phi) is 9.83. The minimum absolute atomic E-state index is 0.0519. The predicted molar refractivity (Wildman–Crippen MR) is 184 cm³/mol. The standard InChI is InChI=1S/C24H20F3NO3.C16H9F6NO3/c1-3-18-20-21(19(31-18)10-9-15-7-5-4-6-8-15)23(30)28(22(20)29)17-12-14(2)11-16(13-17)24(25,26)27;17-15(18,19)6-3-7(16(20,21)22)5-8(4-6)23-13(24)11-9-1-2-10(26-9)12(11)14(23)25/h3-13,18-21H,1H2,2H3;1-5,9-12H/b10-9+;. The van der Waals surface area contributed by atoms with E-state index in [1.807, 2.05) is 30.3 Å². The normalized spacial score (nSPS) is 28.0. The summed E-state index contributed by atoms with van der Waals surface area (Å²) in [6.07, 6.45) is -9.42. The summed E-state index contributed by atoms with van der Waals surface area (Å²) in [4.78, 5) is 52.7. The van der Waals surface area contributed by atoms with E-state index in [4.69, 9.17) is 9.47 Å². The van der Waals surface area contributed by atoms with E-state index in [2.05, 4.69) is 6.58 Å². The third-order valence-corrected chi connectivity index (χ3v) is 10.3. The SMILES string of the molecule is C=CC1OC(/C=C/c2ccccc2)C2C(=O)N(c3cc(C)cc(C(F)(F)F)c3)C(=O)C12.O=C1C2C3C=CC(O3)C2C(=O)N1c1cc(C(F)(F)F)cc(C(F)(F)F)c1. The molecule has 0 spiro atoms. The number of aryl methyl sites for hydroxylation is 1. The van der Waals surface area contributed by atoms with Crippen LogP contribution >= 0.6 is 0 Å². The second kappa shape index (κ2) is 14.1. The van der Waals surface area contributed by atoms with E-state index in [0.29, 0.717) is 22.6 Å². The predicted octanol–water partition coefficient (Wildman–Crippen LogP) is 7.95. The van der Waals surface area contributed by atoms with Crippen molar-refractivity contribution in [1.82, 2.24) is 0 Å². The lowest BCUT2D eigenvalue weighted by Crippen LogP contribution is -2.35. The van der Waals surface area contributed by atoms with Gasteiger partial charge in [0.05, 0.1) is 76.2 Å². The number of benzene rings is 3. The number of anilines is 2. The molecule has 5 aliphatic rings. The number of imide groups is 2. The maximum Gasteiger partial charge on any atom is 0.416 e. The molecule has 8 atom stereocenters. The first-order valence-corrected chi connectivity index (χ1v) is 17.3. The molecule has 2 bridgehead atoms. The van der Waals surface area contributed by atoms with E-state index in [0.717, 1.165) is 22.6 Å². The van der Waals surface area contributed by atoms with Crippen LogP contribution in [0.5, 0.6) is 0 Å². The number of halogens is 9. The van der Waals surface area contributed by atoms with Crippen molar-refractivity contribution in [3.63, 3.8) is 0 Å². The van der Waals surface area contributed by atoms with E-state index in [9.17, 15) is 58.7 Å². The molecule has 3 aromatic carbocycles. The maximum atomic E-state index is 13.3. The Hall–Kier alpha value is -5.55. The Bertz CT molecular complexity index is 2150. The average molecular weight is 805 g/mol. The molecule has 4 saturated heterocycles. The Balaban J connectivity index is 0.000000177. The van der Waals surface area contributed by atoms with Gasteiger partial charge in [0.25, 0.3) is 0 Å². The Morgan fingerprint density at radius 1 is 0.579 bits per heavy atom. The molecule has 0 aliphatic carbocycles. The van der Waals surface area contributed by atoms with Crippen LogP contribution in [-0.4, -0.2) is 48.0 Å². The zero-order valence-electron chi connectivity index (χ0n) is 29.3. The van der Waals surface area contributed by atoms with Crippen molar-refractivity contribution in [2.45, 2.75) is 49.9 Å². The van der Waals surface area contributed by atoms with E-state index < -0.39 is 113 Å². The number of alkyl halides is 9. The lowest BCUT2D eigenvalue weighted by atomic mass is 9.85. The largest absolute Gasteiger partial charge is 0.416 e. The topological polar surface area (TPSA) is 93.2 Å². The minimum Gasteiger partial charge on any atom is -0.365 e.